The summed E-state index contributed by atoms with van der Waals surface area (Å²) in [6, 6.07) is 15.8. The third kappa shape index (κ3) is 4.28. The van der Waals surface area contributed by atoms with Crippen LogP contribution in [0.4, 0.5) is 5.69 Å². The summed E-state index contributed by atoms with van der Waals surface area (Å²) in [5.41, 5.74) is 2.24. The average Bonchev–Trinajstić information content (AvgIpc) is 2.67. The Bertz CT molecular complexity index is 754. The molecule has 0 aromatic heterocycles. The van der Waals surface area contributed by atoms with E-state index >= 15 is 0 Å². The molecule has 1 fully saturated rings. The van der Waals surface area contributed by atoms with Crippen molar-refractivity contribution >= 4 is 11.6 Å². The number of piperazine rings is 1. The minimum Gasteiger partial charge on any atom is -0.497 e. The van der Waals surface area contributed by atoms with Crippen molar-refractivity contribution < 1.29 is 14.3 Å². The number of ether oxygens (including phenoxy) is 2. The van der Waals surface area contributed by atoms with E-state index in [4.69, 9.17) is 9.47 Å². The molecule has 0 aliphatic carbocycles. The number of aryl methyl sites for hydroxylation is 1. The molecular weight excluding hydrogens is 328 g/mol. The van der Waals surface area contributed by atoms with Crippen molar-refractivity contribution in [3.63, 3.8) is 0 Å². The van der Waals surface area contributed by atoms with Gasteiger partial charge in [0.1, 0.15) is 11.5 Å². The van der Waals surface area contributed by atoms with Crippen LogP contribution in [-0.4, -0.2) is 50.2 Å². The molecule has 26 heavy (non-hydrogen) atoms. The van der Waals surface area contributed by atoms with Crippen molar-refractivity contribution in [2.75, 3.05) is 38.2 Å². The molecular formula is C21H26N2O3. The van der Waals surface area contributed by atoms with Gasteiger partial charge in [-0.25, -0.2) is 0 Å². The third-order valence-electron chi connectivity index (χ3n) is 4.66. The number of nitrogens with zero attached hydrogens (tertiary/aromatic N) is 2. The van der Waals surface area contributed by atoms with Crippen molar-refractivity contribution in [3.8, 4) is 11.5 Å². The maximum absolute atomic E-state index is 12.7. The van der Waals surface area contributed by atoms with Crippen LogP contribution >= 0.6 is 0 Å². The summed E-state index contributed by atoms with van der Waals surface area (Å²) in [6.07, 6.45) is -0.486. The van der Waals surface area contributed by atoms with Gasteiger partial charge in [0.25, 0.3) is 5.91 Å². The van der Waals surface area contributed by atoms with Crippen molar-refractivity contribution in [1.29, 1.82) is 0 Å². The average molecular weight is 354 g/mol. The lowest BCUT2D eigenvalue weighted by Gasteiger charge is -2.37. The third-order valence-corrected chi connectivity index (χ3v) is 4.66. The van der Waals surface area contributed by atoms with Gasteiger partial charge in [0.15, 0.2) is 6.10 Å². The molecule has 1 atom stereocenters. The number of methoxy groups -OCH3 is 1. The van der Waals surface area contributed by atoms with E-state index in [2.05, 4.69) is 11.0 Å². The van der Waals surface area contributed by atoms with Gasteiger partial charge in [-0.15, -0.1) is 0 Å². The molecule has 2 aromatic rings. The molecule has 3 rings (SSSR count). The molecule has 0 N–H and O–H groups in total. The molecule has 1 amide bonds. The van der Waals surface area contributed by atoms with Gasteiger partial charge in [0, 0.05) is 37.9 Å². The molecule has 5 heteroatoms. The summed E-state index contributed by atoms with van der Waals surface area (Å²) >= 11 is 0. The van der Waals surface area contributed by atoms with Gasteiger partial charge in [0.05, 0.1) is 7.11 Å². The lowest BCUT2D eigenvalue weighted by molar-refractivity contribution is -0.138. The summed E-state index contributed by atoms with van der Waals surface area (Å²) in [5, 5.41) is 0. The highest BCUT2D eigenvalue weighted by Crippen LogP contribution is 2.22. The number of carbonyl (C=O) groups is 1. The Morgan fingerprint density at radius 3 is 2.38 bits per heavy atom. The second kappa shape index (κ2) is 8.13. The highest BCUT2D eigenvalue weighted by Gasteiger charge is 2.26. The highest BCUT2D eigenvalue weighted by atomic mass is 16.5. The van der Waals surface area contributed by atoms with E-state index in [0.717, 1.165) is 35.8 Å². The van der Waals surface area contributed by atoms with E-state index in [9.17, 15) is 4.79 Å². The second-order valence-corrected chi connectivity index (χ2v) is 6.59. The van der Waals surface area contributed by atoms with Crippen LogP contribution in [0.25, 0.3) is 0 Å². The van der Waals surface area contributed by atoms with Crippen LogP contribution in [0.5, 0.6) is 11.5 Å². The lowest BCUT2D eigenvalue weighted by Crippen LogP contribution is -2.52. The van der Waals surface area contributed by atoms with Crippen molar-refractivity contribution in [2.24, 2.45) is 0 Å². The van der Waals surface area contributed by atoms with E-state index < -0.39 is 6.10 Å². The van der Waals surface area contributed by atoms with E-state index in [-0.39, 0.29) is 5.91 Å². The summed E-state index contributed by atoms with van der Waals surface area (Å²) in [5.74, 6) is 1.62. The number of hydrogen-bond donors (Lipinski definition) is 0. The zero-order valence-electron chi connectivity index (χ0n) is 15.6. The first-order chi connectivity index (χ1) is 12.6. The van der Waals surface area contributed by atoms with Crippen LogP contribution in [0.3, 0.4) is 0 Å². The van der Waals surface area contributed by atoms with Crippen LogP contribution in [-0.2, 0) is 4.79 Å². The molecule has 1 aliphatic heterocycles. The molecule has 0 bridgehead atoms. The molecule has 0 spiro atoms. The first kappa shape index (κ1) is 18.1. The molecule has 1 aliphatic rings. The Labute approximate surface area is 155 Å². The summed E-state index contributed by atoms with van der Waals surface area (Å²) < 4.78 is 11.1. The minimum atomic E-state index is -0.486. The predicted octanol–water partition coefficient (Wildman–Crippen LogP) is 3.12. The van der Waals surface area contributed by atoms with E-state index in [1.54, 1.807) is 7.11 Å². The Kier molecular flexibility index (Phi) is 5.66. The number of benzene rings is 2. The molecule has 1 heterocycles. The zero-order chi connectivity index (χ0) is 18.5. The monoisotopic (exact) mass is 354 g/mol. The van der Waals surface area contributed by atoms with Gasteiger partial charge in [-0.2, -0.15) is 0 Å². The molecule has 0 radical (unpaired) electrons. The minimum absolute atomic E-state index is 0.0387. The fourth-order valence-corrected chi connectivity index (χ4v) is 3.19. The summed E-state index contributed by atoms with van der Waals surface area (Å²) in [6.45, 7) is 6.82. The topological polar surface area (TPSA) is 42.0 Å². The fraction of sp³-hybridized carbons (Fsp3) is 0.381. The molecule has 138 valence electrons. The molecule has 5 nitrogen and oxygen atoms in total. The summed E-state index contributed by atoms with van der Waals surface area (Å²) in [4.78, 5) is 16.9. The van der Waals surface area contributed by atoms with E-state index in [1.165, 1.54) is 0 Å². The van der Waals surface area contributed by atoms with Crippen molar-refractivity contribution in [2.45, 2.75) is 20.0 Å². The first-order valence-corrected chi connectivity index (χ1v) is 8.98. The number of hydrogen-bond acceptors (Lipinski definition) is 4. The Morgan fingerprint density at radius 2 is 1.69 bits per heavy atom. The standard InChI is InChI=1S/C21H26N2O3/c1-16-6-4-9-20(14-16)26-17(2)21(24)23-12-10-22(11-13-23)18-7-5-8-19(15-18)25-3/h4-9,14-15,17H,10-13H2,1-3H3/t17-/m0/s1. The number of rotatable bonds is 5. The second-order valence-electron chi connectivity index (χ2n) is 6.59. The Morgan fingerprint density at radius 1 is 1.00 bits per heavy atom. The zero-order valence-corrected chi connectivity index (χ0v) is 15.6. The largest absolute Gasteiger partial charge is 0.497 e. The molecule has 0 unspecified atom stereocenters. The van der Waals surface area contributed by atoms with Gasteiger partial charge < -0.3 is 19.3 Å². The highest BCUT2D eigenvalue weighted by molar-refractivity contribution is 5.81. The first-order valence-electron chi connectivity index (χ1n) is 8.98. The van der Waals surface area contributed by atoms with E-state index in [0.29, 0.717) is 13.1 Å². The quantitative estimate of drug-likeness (QED) is 0.827. The smallest absolute Gasteiger partial charge is 0.263 e. The van der Waals surface area contributed by atoms with Gasteiger partial charge >= 0.3 is 0 Å². The van der Waals surface area contributed by atoms with Gasteiger partial charge in [-0.1, -0.05) is 18.2 Å². The Balaban J connectivity index is 1.56. The number of carbonyl (C=O) groups excluding carboxylic acids is 1. The van der Waals surface area contributed by atoms with Crippen LogP contribution in [0.1, 0.15) is 12.5 Å². The van der Waals surface area contributed by atoms with E-state index in [1.807, 2.05) is 61.2 Å². The van der Waals surface area contributed by atoms with Crippen LogP contribution in [0.15, 0.2) is 48.5 Å². The van der Waals surface area contributed by atoms with Gasteiger partial charge in [-0.05, 0) is 43.7 Å². The van der Waals surface area contributed by atoms with Crippen molar-refractivity contribution in [3.05, 3.63) is 54.1 Å². The van der Waals surface area contributed by atoms with Crippen LogP contribution < -0.4 is 14.4 Å². The lowest BCUT2D eigenvalue weighted by atomic mass is 10.2. The maximum Gasteiger partial charge on any atom is 0.263 e. The van der Waals surface area contributed by atoms with Gasteiger partial charge in [-0.3, -0.25) is 4.79 Å². The van der Waals surface area contributed by atoms with Crippen LogP contribution in [0, 0.1) is 6.92 Å². The molecule has 1 saturated heterocycles. The predicted molar refractivity (Wildman–Crippen MR) is 103 cm³/mol. The number of amides is 1. The Hall–Kier alpha value is -2.69. The number of anilines is 1. The van der Waals surface area contributed by atoms with Crippen molar-refractivity contribution in [1.82, 2.24) is 4.90 Å². The normalized spacial score (nSPS) is 15.5. The fourth-order valence-electron chi connectivity index (χ4n) is 3.19. The maximum atomic E-state index is 12.7. The van der Waals surface area contributed by atoms with Gasteiger partial charge in [0.2, 0.25) is 0 Å². The summed E-state index contributed by atoms with van der Waals surface area (Å²) in [7, 11) is 1.67. The molecule has 0 saturated carbocycles. The SMILES string of the molecule is COc1cccc(N2CCN(C(=O)[C@H](C)Oc3cccc(C)c3)CC2)c1. The molecule has 2 aromatic carbocycles. The van der Waals surface area contributed by atoms with Crippen LogP contribution in [0.2, 0.25) is 0 Å².